The third-order valence-corrected chi connectivity index (χ3v) is 13.3. The number of esters is 1. The summed E-state index contributed by atoms with van der Waals surface area (Å²) < 4.78 is 30.0. The van der Waals surface area contributed by atoms with E-state index in [0.29, 0.717) is 50.5 Å². The van der Waals surface area contributed by atoms with Gasteiger partial charge in [-0.05, 0) is 95.5 Å². The highest BCUT2D eigenvalue weighted by atomic mass is 16.7. The van der Waals surface area contributed by atoms with Gasteiger partial charge in [0.25, 0.3) is 11.7 Å². The van der Waals surface area contributed by atoms with Crippen LogP contribution in [-0.2, 0) is 47.7 Å². The fourth-order valence-electron chi connectivity index (χ4n) is 9.84. The molecule has 14 unspecified atom stereocenters. The van der Waals surface area contributed by atoms with Gasteiger partial charge in [0.15, 0.2) is 0 Å². The van der Waals surface area contributed by atoms with Crippen LogP contribution in [0.25, 0.3) is 0 Å². The summed E-state index contributed by atoms with van der Waals surface area (Å²) in [5.41, 5.74) is 1.66. The smallest absolute Gasteiger partial charge is 0.329 e. The number of rotatable bonds is 7. The fraction of sp³-hybridized carbons (Fsp3) is 0.800. The second-order valence-corrected chi connectivity index (χ2v) is 17.9. The van der Waals surface area contributed by atoms with E-state index in [9.17, 15) is 34.2 Å². The number of nitrogens with one attached hydrogen (secondary N) is 1. The quantitative estimate of drug-likeness (QED) is 0.184. The van der Waals surface area contributed by atoms with Crippen molar-refractivity contribution in [2.75, 3.05) is 27.9 Å². The molecule has 59 heavy (non-hydrogen) atoms. The summed E-state index contributed by atoms with van der Waals surface area (Å²) in [5, 5.41) is 26.8. The lowest BCUT2D eigenvalue weighted by Crippen LogP contribution is -2.64. The van der Waals surface area contributed by atoms with Crippen LogP contribution in [0.5, 0.6) is 0 Å². The van der Waals surface area contributed by atoms with Crippen molar-refractivity contribution in [1.82, 2.24) is 10.2 Å². The molecule has 3 N–H and O–H groups in total. The molecule has 2 bridgehead atoms. The first-order chi connectivity index (χ1) is 27.9. The Morgan fingerprint density at radius 1 is 0.949 bits per heavy atom. The van der Waals surface area contributed by atoms with E-state index in [1.165, 1.54) is 26.0 Å². The van der Waals surface area contributed by atoms with Crippen LogP contribution in [0.2, 0.25) is 0 Å². The normalized spacial score (nSPS) is 39.1. The number of allylic oxidation sites excluding steroid dienone is 3. The van der Waals surface area contributed by atoms with Crippen LogP contribution in [-0.4, -0.2) is 127 Å². The number of ketones is 2. The number of carbonyl (C=O) groups excluding carboxylic acids is 5. The highest BCUT2D eigenvalue weighted by Gasteiger charge is 2.56. The number of nitrogens with zero attached hydrogens (tertiary/aromatic N) is 1. The monoisotopic (exact) mass is 833 g/mol. The Labute approximate surface area is 351 Å². The summed E-state index contributed by atoms with van der Waals surface area (Å²) in [6.07, 6.45) is 4.58. The zero-order valence-electron chi connectivity index (χ0n) is 37.1. The average molecular weight is 833 g/mol. The maximum Gasteiger partial charge on any atom is 0.329 e. The highest BCUT2D eigenvalue weighted by Crippen LogP contribution is 2.39. The number of ether oxygens (including phenoxy) is 5. The van der Waals surface area contributed by atoms with Crippen LogP contribution in [0.1, 0.15) is 119 Å². The third-order valence-electron chi connectivity index (χ3n) is 13.3. The number of aliphatic hydroxyl groups is 2. The van der Waals surface area contributed by atoms with Crippen molar-refractivity contribution in [2.45, 2.75) is 174 Å². The lowest BCUT2D eigenvalue weighted by atomic mass is 9.81. The van der Waals surface area contributed by atoms with Gasteiger partial charge < -0.3 is 44.1 Å². The number of fused-ring (bicyclic) bond motifs is 3. The van der Waals surface area contributed by atoms with Crippen molar-refractivity contribution in [3.05, 3.63) is 23.3 Å². The molecule has 1 aliphatic carbocycles. The van der Waals surface area contributed by atoms with Crippen LogP contribution in [0, 0.1) is 29.6 Å². The molecular formula is C45H72N2O12. The average Bonchev–Trinajstić information content (AvgIpc) is 3.20. The summed E-state index contributed by atoms with van der Waals surface area (Å²) >= 11 is 0. The van der Waals surface area contributed by atoms with E-state index >= 15 is 0 Å². The molecule has 3 heterocycles. The summed E-state index contributed by atoms with van der Waals surface area (Å²) in [6.45, 7) is 12.7. The molecule has 2 amide bonds. The lowest BCUT2D eigenvalue weighted by molar-refractivity contribution is -0.302. The van der Waals surface area contributed by atoms with Crippen LogP contribution < -0.4 is 5.32 Å². The minimum absolute atomic E-state index is 0.00240. The largest absolute Gasteiger partial charge is 0.456 e. The number of amides is 2. The molecule has 14 nitrogen and oxygen atoms in total. The standard InChI is InChI=1S/C45H72N2O12/c1-11-32-19-25(2)18-26(3)20-38(56-9)41-39(57-10)22-28(5)45(54,59-41)42(51)43(52)47-17-13-12-14-34(47)44(53)58-40(29(6)35(49)24-36(32)50)27(4)21-31-15-16-33(46-30(7)48)37(23-31)55-8/h19,21,26,28-29,31-35,37-41,49,54H,11-18,20,22-24H2,1-10H3,(H,46,48). The van der Waals surface area contributed by atoms with Gasteiger partial charge in [0.1, 0.15) is 24.0 Å². The minimum atomic E-state index is -2.51. The molecular weight excluding hydrogens is 760 g/mol. The van der Waals surface area contributed by atoms with Crippen molar-refractivity contribution in [3.8, 4) is 0 Å². The molecule has 0 aromatic rings. The Bertz CT molecular complexity index is 1550. The van der Waals surface area contributed by atoms with Gasteiger partial charge in [-0.15, -0.1) is 0 Å². The molecule has 0 aromatic heterocycles. The Kier molecular flexibility index (Phi) is 17.9. The van der Waals surface area contributed by atoms with E-state index in [1.807, 2.05) is 32.9 Å². The summed E-state index contributed by atoms with van der Waals surface area (Å²) in [4.78, 5) is 69.8. The summed E-state index contributed by atoms with van der Waals surface area (Å²) in [7, 11) is 4.67. The molecule has 1 saturated carbocycles. The Morgan fingerprint density at radius 2 is 1.61 bits per heavy atom. The second kappa shape index (κ2) is 21.7. The molecule has 0 radical (unpaired) electrons. The number of hydrogen-bond acceptors (Lipinski definition) is 12. The first-order valence-corrected chi connectivity index (χ1v) is 21.8. The van der Waals surface area contributed by atoms with Gasteiger partial charge in [-0.25, -0.2) is 4.79 Å². The highest BCUT2D eigenvalue weighted by molar-refractivity contribution is 6.39. The molecule has 3 fully saturated rings. The number of hydrogen-bond donors (Lipinski definition) is 3. The van der Waals surface area contributed by atoms with Gasteiger partial charge in [0.05, 0.1) is 30.5 Å². The van der Waals surface area contributed by atoms with Crippen molar-refractivity contribution < 1.29 is 57.9 Å². The molecule has 14 atom stereocenters. The van der Waals surface area contributed by atoms with Gasteiger partial charge in [-0.3, -0.25) is 19.2 Å². The van der Waals surface area contributed by atoms with Crippen LogP contribution in [0.15, 0.2) is 23.3 Å². The van der Waals surface area contributed by atoms with Crippen LogP contribution >= 0.6 is 0 Å². The number of Topliss-reactive ketones (excluding diaryl/α,β-unsaturated/α-hetero) is 2. The lowest BCUT2D eigenvalue weighted by Gasteiger charge is -2.47. The van der Waals surface area contributed by atoms with E-state index in [4.69, 9.17) is 23.7 Å². The predicted molar refractivity (Wildman–Crippen MR) is 220 cm³/mol. The van der Waals surface area contributed by atoms with Gasteiger partial charge in [-0.1, -0.05) is 45.4 Å². The van der Waals surface area contributed by atoms with Gasteiger partial charge in [0.2, 0.25) is 11.7 Å². The van der Waals surface area contributed by atoms with Crippen molar-refractivity contribution in [3.63, 3.8) is 0 Å². The number of methoxy groups -OCH3 is 3. The molecule has 0 aromatic carbocycles. The number of aliphatic hydroxyl groups excluding tert-OH is 1. The SMILES string of the molecule is CCC1C=C(C)CC(C)CC(OC)C2OC(O)(C(=O)C(=O)N3CCCCC3C(=O)OC(C(C)=CC3CCC(NC(C)=O)C(OC)C3)C(C)C(O)CC1=O)C(C)CC2OC. The van der Waals surface area contributed by atoms with E-state index in [2.05, 4.69) is 12.2 Å². The van der Waals surface area contributed by atoms with Gasteiger partial charge in [-0.2, -0.15) is 0 Å². The number of piperidine rings is 1. The maximum atomic E-state index is 14.4. The first-order valence-electron chi connectivity index (χ1n) is 21.8. The fourth-order valence-corrected chi connectivity index (χ4v) is 9.84. The van der Waals surface area contributed by atoms with Gasteiger partial charge in [0, 0.05) is 59.0 Å². The number of cyclic esters (lactones) is 1. The molecule has 0 spiro atoms. The molecule has 3 aliphatic heterocycles. The zero-order chi connectivity index (χ0) is 43.8. The maximum absolute atomic E-state index is 14.4. The third kappa shape index (κ3) is 11.9. The van der Waals surface area contributed by atoms with Gasteiger partial charge >= 0.3 is 5.97 Å². The van der Waals surface area contributed by atoms with Crippen LogP contribution in [0.4, 0.5) is 0 Å². The number of carbonyl (C=O) groups is 5. The zero-order valence-corrected chi connectivity index (χ0v) is 37.1. The van der Waals surface area contributed by atoms with E-state index in [1.54, 1.807) is 21.0 Å². The minimum Gasteiger partial charge on any atom is -0.456 e. The Hall–Kier alpha value is -3.01. The summed E-state index contributed by atoms with van der Waals surface area (Å²) in [6, 6.07) is -1.28. The topological polar surface area (TPSA) is 187 Å². The van der Waals surface area contributed by atoms with Crippen molar-refractivity contribution in [2.24, 2.45) is 29.6 Å². The molecule has 2 saturated heterocycles. The second-order valence-electron chi connectivity index (χ2n) is 17.9. The van der Waals surface area contributed by atoms with E-state index in [0.717, 1.165) is 12.0 Å². The first kappa shape index (κ1) is 48.7. The van der Waals surface area contributed by atoms with Crippen molar-refractivity contribution in [1.29, 1.82) is 0 Å². The molecule has 4 aliphatic rings. The molecule has 4 rings (SSSR count). The van der Waals surface area contributed by atoms with Crippen molar-refractivity contribution >= 4 is 29.4 Å². The van der Waals surface area contributed by atoms with E-state index in [-0.39, 0.29) is 61.5 Å². The predicted octanol–water partition coefficient (Wildman–Crippen LogP) is 4.62. The van der Waals surface area contributed by atoms with Crippen LogP contribution in [0.3, 0.4) is 0 Å². The molecule has 14 heteroatoms. The Balaban J connectivity index is 1.75. The van der Waals surface area contributed by atoms with E-state index < -0.39 is 77.8 Å². The molecule has 334 valence electrons. The summed E-state index contributed by atoms with van der Waals surface area (Å²) in [5.74, 6) is -7.69. The Morgan fingerprint density at radius 3 is 2.24 bits per heavy atom.